The van der Waals surface area contributed by atoms with Crippen LogP contribution in [0, 0.1) is 0 Å². The SMILES string of the molecule is C[C@@H](NC(=O)C1(c2ccc(Cl)cc2)CCC1)C(=O)O. The van der Waals surface area contributed by atoms with Crippen LogP contribution in [0.1, 0.15) is 31.7 Å². The molecule has 1 saturated carbocycles. The van der Waals surface area contributed by atoms with Crippen LogP contribution in [-0.2, 0) is 15.0 Å². The standard InChI is InChI=1S/C14H16ClNO3/c1-9(12(17)18)16-13(19)14(7-2-8-14)10-3-5-11(15)6-4-10/h3-6,9H,2,7-8H2,1H3,(H,16,19)(H,17,18)/t9-/m1/s1. The summed E-state index contributed by atoms with van der Waals surface area (Å²) in [5.41, 5.74) is 0.312. The van der Waals surface area contributed by atoms with Crippen molar-refractivity contribution in [3.8, 4) is 0 Å². The highest BCUT2D eigenvalue weighted by Crippen LogP contribution is 2.44. The molecule has 1 amide bonds. The Morgan fingerprint density at radius 2 is 1.89 bits per heavy atom. The van der Waals surface area contributed by atoms with E-state index in [-0.39, 0.29) is 5.91 Å². The lowest BCUT2D eigenvalue weighted by Crippen LogP contribution is -2.53. The van der Waals surface area contributed by atoms with Crippen LogP contribution in [0.25, 0.3) is 0 Å². The van der Waals surface area contributed by atoms with Crippen molar-refractivity contribution >= 4 is 23.5 Å². The zero-order valence-corrected chi connectivity index (χ0v) is 11.4. The first kappa shape index (κ1) is 13.9. The Kier molecular flexibility index (Phi) is 3.80. The predicted molar refractivity (Wildman–Crippen MR) is 72.2 cm³/mol. The minimum absolute atomic E-state index is 0.212. The highest BCUT2D eigenvalue weighted by Gasteiger charge is 2.46. The Labute approximate surface area is 116 Å². The molecule has 0 spiro atoms. The van der Waals surface area contributed by atoms with Crippen molar-refractivity contribution in [3.05, 3.63) is 34.9 Å². The summed E-state index contributed by atoms with van der Waals surface area (Å²) in [5.74, 6) is -1.24. The minimum atomic E-state index is -1.03. The van der Waals surface area contributed by atoms with Gasteiger partial charge in [-0.25, -0.2) is 0 Å². The number of carbonyl (C=O) groups excluding carboxylic acids is 1. The Bertz CT molecular complexity index is 494. The quantitative estimate of drug-likeness (QED) is 0.890. The fraction of sp³-hybridized carbons (Fsp3) is 0.429. The normalized spacial score (nSPS) is 18.2. The molecule has 1 aromatic carbocycles. The lowest BCUT2D eigenvalue weighted by molar-refractivity contribution is -0.143. The van der Waals surface area contributed by atoms with Crippen molar-refractivity contribution < 1.29 is 14.7 Å². The van der Waals surface area contributed by atoms with Gasteiger partial charge < -0.3 is 10.4 Å². The first-order chi connectivity index (χ1) is 8.95. The van der Waals surface area contributed by atoms with Crippen LogP contribution in [0.3, 0.4) is 0 Å². The monoisotopic (exact) mass is 281 g/mol. The molecule has 102 valence electrons. The Hall–Kier alpha value is -1.55. The minimum Gasteiger partial charge on any atom is -0.480 e. The number of carbonyl (C=O) groups is 2. The lowest BCUT2D eigenvalue weighted by atomic mass is 9.63. The third kappa shape index (κ3) is 2.59. The fourth-order valence-electron chi connectivity index (χ4n) is 2.34. The number of halogens is 1. The molecule has 1 aromatic rings. The van der Waals surface area contributed by atoms with Gasteiger partial charge in [0.25, 0.3) is 0 Å². The molecule has 0 bridgehead atoms. The number of rotatable bonds is 4. The predicted octanol–water partition coefficient (Wildman–Crippen LogP) is 2.35. The largest absolute Gasteiger partial charge is 0.480 e. The van der Waals surface area contributed by atoms with E-state index in [2.05, 4.69) is 5.32 Å². The summed E-state index contributed by atoms with van der Waals surface area (Å²) >= 11 is 5.85. The van der Waals surface area contributed by atoms with E-state index in [4.69, 9.17) is 16.7 Å². The second-order valence-corrected chi connectivity index (χ2v) is 5.41. The number of benzene rings is 1. The van der Waals surface area contributed by atoms with E-state index >= 15 is 0 Å². The summed E-state index contributed by atoms with van der Waals surface area (Å²) in [6.45, 7) is 1.47. The number of aliphatic carboxylic acids is 1. The van der Waals surface area contributed by atoms with Gasteiger partial charge in [-0.1, -0.05) is 30.2 Å². The molecular formula is C14H16ClNO3. The van der Waals surface area contributed by atoms with Crippen molar-refractivity contribution in [2.24, 2.45) is 0 Å². The summed E-state index contributed by atoms with van der Waals surface area (Å²) in [4.78, 5) is 23.2. The van der Waals surface area contributed by atoms with E-state index in [1.54, 1.807) is 12.1 Å². The maximum Gasteiger partial charge on any atom is 0.325 e. The summed E-state index contributed by atoms with van der Waals surface area (Å²) in [6, 6.07) is 6.31. The van der Waals surface area contributed by atoms with Gasteiger partial charge in [-0.15, -0.1) is 0 Å². The van der Waals surface area contributed by atoms with Crippen LogP contribution in [0.2, 0.25) is 5.02 Å². The van der Waals surface area contributed by atoms with Gasteiger partial charge >= 0.3 is 5.97 Å². The number of carboxylic acid groups (broad SMARTS) is 1. The highest BCUT2D eigenvalue weighted by atomic mass is 35.5. The molecule has 1 aliphatic rings. The van der Waals surface area contributed by atoms with Crippen LogP contribution in [0.4, 0.5) is 0 Å². The molecule has 1 fully saturated rings. The van der Waals surface area contributed by atoms with Crippen LogP contribution in [-0.4, -0.2) is 23.0 Å². The van der Waals surface area contributed by atoms with Gasteiger partial charge in [-0.3, -0.25) is 9.59 Å². The number of carboxylic acids is 1. The third-order valence-corrected chi connectivity index (χ3v) is 4.01. The number of amides is 1. The van der Waals surface area contributed by atoms with Gasteiger partial charge in [0.2, 0.25) is 5.91 Å². The summed E-state index contributed by atoms with van der Waals surface area (Å²) in [7, 11) is 0. The molecule has 2 N–H and O–H groups in total. The van der Waals surface area contributed by atoms with Crippen LogP contribution in [0.15, 0.2) is 24.3 Å². The Balaban J connectivity index is 2.20. The van der Waals surface area contributed by atoms with Crippen LogP contribution >= 0.6 is 11.6 Å². The molecule has 19 heavy (non-hydrogen) atoms. The molecule has 2 rings (SSSR count). The second kappa shape index (κ2) is 5.21. The van der Waals surface area contributed by atoms with Gasteiger partial charge in [0.1, 0.15) is 6.04 Å². The molecule has 0 heterocycles. The highest BCUT2D eigenvalue weighted by molar-refractivity contribution is 6.30. The molecule has 1 aliphatic carbocycles. The Morgan fingerprint density at radius 1 is 1.32 bits per heavy atom. The molecule has 0 aromatic heterocycles. The third-order valence-electron chi connectivity index (χ3n) is 3.76. The van der Waals surface area contributed by atoms with Gasteiger partial charge in [-0.05, 0) is 37.5 Å². The maximum atomic E-state index is 12.3. The molecular weight excluding hydrogens is 266 g/mol. The van der Waals surface area contributed by atoms with Crippen molar-refractivity contribution in [1.29, 1.82) is 0 Å². The first-order valence-electron chi connectivity index (χ1n) is 6.25. The lowest BCUT2D eigenvalue weighted by Gasteiger charge is -2.41. The first-order valence-corrected chi connectivity index (χ1v) is 6.63. The van der Waals surface area contributed by atoms with Gasteiger partial charge in [-0.2, -0.15) is 0 Å². The summed E-state index contributed by atoms with van der Waals surface area (Å²) in [5, 5.41) is 12.0. The molecule has 1 atom stereocenters. The van der Waals surface area contributed by atoms with E-state index in [0.717, 1.165) is 24.8 Å². The topological polar surface area (TPSA) is 66.4 Å². The van der Waals surface area contributed by atoms with E-state index < -0.39 is 17.4 Å². The van der Waals surface area contributed by atoms with Crippen molar-refractivity contribution in [1.82, 2.24) is 5.32 Å². The van der Waals surface area contributed by atoms with Gasteiger partial charge in [0.15, 0.2) is 0 Å². The Morgan fingerprint density at radius 3 is 2.32 bits per heavy atom. The molecule has 4 nitrogen and oxygen atoms in total. The molecule has 0 aliphatic heterocycles. The second-order valence-electron chi connectivity index (χ2n) is 4.98. The smallest absolute Gasteiger partial charge is 0.325 e. The zero-order valence-electron chi connectivity index (χ0n) is 10.6. The van der Waals surface area contributed by atoms with Gasteiger partial charge in [0, 0.05) is 5.02 Å². The molecule has 5 heteroatoms. The van der Waals surface area contributed by atoms with Crippen molar-refractivity contribution in [2.45, 2.75) is 37.6 Å². The molecule has 0 radical (unpaired) electrons. The zero-order chi connectivity index (χ0) is 14.0. The summed E-state index contributed by atoms with van der Waals surface area (Å²) < 4.78 is 0. The number of nitrogens with one attached hydrogen (secondary N) is 1. The van der Waals surface area contributed by atoms with Crippen LogP contribution in [0.5, 0.6) is 0 Å². The van der Waals surface area contributed by atoms with Gasteiger partial charge in [0.05, 0.1) is 5.41 Å². The maximum absolute atomic E-state index is 12.3. The van der Waals surface area contributed by atoms with E-state index in [1.165, 1.54) is 6.92 Å². The average Bonchev–Trinajstić information content (AvgIpc) is 2.30. The fourth-order valence-corrected chi connectivity index (χ4v) is 2.47. The van der Waals surface area contributed by atoms with E-state index in [0.29, 0.717) is 5.02 Å². The van der Waals surface area contributed by atoms with Crippen molar-refractivity contribution in [2.75, 3.05) is 0 Å². The average molecular weight is 282 g/mol. The number of hydrogen-bond donors (Lipinski definition) is 2. The molecule has 0 unspecified atom stereocenters. The van der Waals surface area contributed by atoms with E-state index in [9.17, 15) is 9.59 Å². The van der Waals surface area contributed by atoms with E-state index in [1.807, 2.05) is 12.1 Å². The van der Waals surface area contributed by atoms with Crippen molar-refractivity contribution in [3.63, 3.8) is 0 Å². The number of hydrogen-bond acceptors (Lipinski definition) is 2. The summed E-state index contributed by atoms with van der Waals surface area (Å²) in [6.07, 6.45) is 2.46. The van der Waals surface area contributed by atoms with Crippen LogP contribution < -0.4 is 5.32 Å². The molecule has 0 saturated heterocycles.